The molecule has 3 heterocycles. The number of nitrogens with one attached hydrogen (secondary N) is 4. The van der Waals surface area contributed by atoms with Gasteiger partial charge in [0.1, 0.15) is 18.5 Å². The van der Waals surface area contributed by atoms with Crippen molar-refractivity contribution in [1.82, 2.24) is 20.9 Å². The molecule has 0 radical (unpaired) electrons. The van der Waals surface area contributed by atoms with E-state index < -0.39 is 0 Å². The fourth-order valence-corrected chi connectivity index (χ4v) is 7.83. The lowest BCUT2D eigenvalue weighted by Crippen LogP contribution is -2.41. The molecule has 0 spiro atoms. The summed E-state index contributed by atoms with van der Waals surface area (Å²) in [6, 6.07) is 45.6. The number of rotatable bonds is 10. The minimum atomic E-state index is -0.139. The number of allylic oxidation sites excluding steroid dienone is 7. The number of fused-ring (bicyclic) bond motifs is 3. The van der Waals surface area contributed by atoms with Crippen LogP contribution in [0.4, 0.5) is 5.69 Å². The summed E-state index contributed by atoms with van der Waals surface area (Å²) in [5.41, 5.74) is 14.9. The van der Waals surface area contributed by atoms with Crippen molar-refractivity contribution >= 4 is 5.69 Å². The first-order valence-electron chi connectivity index (χ1n) is 18.5. The summed E-state index contributed by atoms with van der Waals surface area (Å²) < 4.78 is 0. The second kappa shape index (κ2) is 15.2. The summed E-state index contributed by atoms with van der Waals surface area (Å²) in [7, 11) is 0. The van der Waals surface area contributed by atoms with Crippen LogP contribution in [0.25, 0.3) is 22.3 Å². The van der Waals surface area contributed by atoms with Crippen molar-refractivity contribution in [2.75, 3.05) is 5.32 Å². The fourth-order valence-electron chi connectivity index (χ4n) is 7.83. The Morgan fingerprint density at radius 2 is 1.28 bits per heavy atom. The molecule has 5 nitrogen and oxygen atoms in total. The SMILES string of the molecule is C=C/C=C\C1=C(C)NC2c3cc(-c4ccccc4)c(-c4ccccc4)cc3NC(c3ccc(C4NC(/C(C=C)=C/C=C)=CC(c5ccccc5)N4)cc3)N12. The molecule has 5 aromatic rings. The van der Waals surface area contributed by atoms with E-state index in [1.807, 2.05) is 24.3 Å². The van der Waals surface area contributed by atoms with Crippen LogP contribution >= 0.6 is 0 Å². The summed E-state index contributed by atoms with van der Waals surface area (Å²) in [4.78, 5) is 2.46. The highest BCUT2D eigenvalue weighted by atomic mass is 15.4. The summed E-state index contributed by atoms with van der Waals surface area (Å²) in [5, 5.41) is 15.4. The van der Waals surface area contributed by atoms with E-state index in [9.17, 15) is 0 Å². The zero-order valence-corrected chi connectivity index (χ0v) is 30.5. The van der Waals surface area contributed by atoms with E-state index in [0.29, 0.717) is 0 Å². The summed E-state index contributed by atoms with van der Waals surface area (Å²) in [5.74, 6) is 0. The highest BCUT2D eigenvalue weighted by Gasteiger charge is 2.41. The second-order valence-electron chi connectivity index (χ2n) is 13.8. The van der Waals surface area contributed by atoms with Gasteiger partial charge in [0.15, 0.2) is 0 Å². The van der Waals surface area contributed by atoms with Crippen molar-refractivity contribution in [3.63, 3.8) is 0 Å². The molecule has 4 atom stereocenters. The van der Waals surface area contributed by atoms with E-state index in [1.165, 1.54) is 33.4 Å². The number of benzene rings is 5. The minimum Gasteiger partial charge on any atom is -0.366 e. The topological polar surface area (TPSA) is 51.4 Å². The van der Waals surface area contributed by atoms with Crippen molar-refractivity contribution < 1.29 is 0 Å². The first kappa shape index (κ1) is 34.5. The van der Waals surface area contributed by atoms with Gasteiger partial charge in [0.05, 0.1) is 11.7 Å². The van der Waals surface area contributed by atoms with Crippen LogP contribution in [0.15, 0.2) is 212 Å². The lowest BCUT2D eigenvalue weighted by Gasteiger charge is -2.43. The molecule has 0 aliphatic carbocycles. The van der Waals surface area contributed by atoms with E-state index in [1.54, 1.807) is 6.08 Å². The van der Waals surface area contributed by atoms with E-state index in [2.05, 4.69) is 192 Å². The summed E-state index contributed by atoms with van der Waals surface area (Å²) in [6.45, 7) is 14.1. The van der Waals surface area contributed by atoms with Gasteiger partial charge in [-0.15, -0.1) is 0 Å². The highest BCUT2D eigenvalue weighted by molar-refractivity contribution is 5.87. The Labute approximate surface area is 319 Å². The van der Waals surface area contributed by atoms with Crippen LogP contribution in [0.1, 0.15) is 53.7 Å². The molecule has 8 rings (SSSR count). The van der Waals surface area contributed by atoms with Gasteiger partial charge in [-0.25, -0.2) is 0 Å². The Morgan fingerprint density at radius 1 is 0.648 bits per heavy atom. The van der Waals surface area contributed by atoms with E-state index in [0.717, 1.165) is 39.5 Å². The maximum atomic E-state index is 4.08. The van der Waals surface area contributed by atoms with Gasteiger partial charge in [0.25, 0.3) is 0 Å². The molecule has 0 fully saturated rings. The summed E-state index contributed by atoms with van der Waals surface area (Å²) >= 11 is 0. The van der Waals surface area contributed by atoms with Crippen LogP contribution in [-0.2, 0) is 0 Å². The maximum absolute atomic E-state index is 4.08. The van der Waals surface area contributed by atoms with Crippen molar-refractivity contribution in [1.29, 1.82) is 0 Å². The smallest absolute Gasteiger partial charge is 0.129 e. The normalized spacial score (nSPS) is 20.6. The summed E-state index contributed by atoms with van der Waals surface area (Å²) in [6.07, 6.45) is 13.6. The Morgan fingerprint density at radius 3 is 1.91 bits per heavy atom. The third-order valence-corrected chi connectivity index (χ3v) is 10.5. The molecule has 3 aliphatic rings. The Bertz CT molecular complexity index is 2300. The molecule has 3 aliphatic heterocycles. The molecule has 0 saturated carbocycles. The second-order valence-corrected chi connectivity index (χ2v) is 13.8. The first-order valence-corrected chi connectivity index (χ1v) is 18.5. The zero-order valence-electron chi connectivity index (χ0n) is 30.5. The third kappa shape index (κ3) is 6.62. The van der Waals surface area contributed by atoms with Gasteiger partial charge < -0.3 is 20.9 Å². The molecule has 0 aromatic heterocycles. The molecule has 0 bridgehead atoms. The molecule has 0 saturated heterocycles. The van der Waals surface area contributed by atoms with E-state index in [4.69, 9.17) is 0 Å². The van der Waals surface area contributed by atoms with Crippen molar-refractivity contribution in [3.8, 4) is 22.3 Å². The molecule has 5 heteroatoms. The zero-order chi connectivity index (χ0) is 37.0. The minimum absolute atomic E-state index is 0.0140. The van der Waals surface area contributed by atoms with Gasteiger partial charge in [-0.05, 0) is 75.7 Å². The number of hydrogen-bond donors (Lipinski definition) is 4. The van der Waals surface area contributed by atoms with Gasteiger partial charge in [-0.2, -0.15) is 0 Å². The Hall–Kier alpha value is -6.56. The molecule has 266 valence electrons. The molecule has 54 heavy (non-hydrogen) atoms. The lowest BCUT2D eigenvalue weighted by atomic mass is 9.89. The third-order valence-electron chi connectivity index (χ3n) is 10.5. The van der Waals surface area contributed by atoms with Crippen molar-refractivity contribution in [3.05, 3.63) is 235 Å². The van der Waals surface area contributed by atoms with Crippen LogP contribution < -0.4 is 21.3 Å². The van der Waals surface area contributed by atoms with Crippen molar-refractivity contribution in [2.24, 2.45) is 0 Å². The number of nitrogens with zero attached hydrogens (tertiary/aromatic N) is 1. The number of hydrogen-bond acceptors (Lipinski definition) is 5. The molecule has 0 amide bonds. The van der Waals surface area contributed by atoms with Gasteiger partial charge in [0, 0.05) is 22.6 Å². The van der Waals surface area contributed by atoms with Gasteiger partial charge in [-0.1, -0.05) is 165 Å². The van der Waals surface area contributed by atoms with Crippen LogP contribution in [0.2, 0.25) is 0 Å². The predicted molar refractivity (Wildman–Crippen MR) is 225 cm³/mol. The lowest BCUT2D eigenvalue weighted by molar-refractivity contribution is 0.204. The highest BCUT2D eigenvalue weighted by Crippen LogP contribution is 2.49. The van der Waals surface area contributed by atoms with Crippen LogP contribution in [0.5, 0.6) is 0 Å². The van der Waals surface area contributed by atoms with E-state index in [-0.39, 0.29) is 24.5 Å². The van der Waals surface area contributed by atoms with Crippen molar-refractivity contribution in [2.45, 2.75) is 31.5 Å². The predicted octanol–water partition coefficient (Wildman–Crippen LogP) is 11.1. The molecule has 4 unspecified atom stereocenters. The largest absolute Gasteiger partial charge is 0.366 e. The monoisotopic (exact) mass is 703 g/mol. The van der Waals surface area contributed by atoms with Gasteiger partial charge in [0.2, 0.25) is 0 Å². The molecular formula is C49H45N5. The first-order chi connectivity index (χ1) is 26.6. The molecule has 5 aromatic carbocycles. The number of anilines is 1. The quantitative estimate of drug-likeness (QED) is 0.109. The van der Waals surface area contributed by atoms with Gasteiger partial charge in [-0.3, -0.25) is 5.32 Å². The molecule has 4 N–H and O–H groups in total. The Balaban J connectivity index is 1.19. The molecular weight excluding hydrogens is 659 g/mol. The van der Waals surface area contributed by atoms with Crippen LogP contribution in [-0.4, -0.2) is 4.90 Å². The van der Waals surface area contributed by atoms with E-state index >= 15 is 0 Å². The standard InChI is InChI=1S/C49H45N5/c1-5-8-25-46-33(4)50-49-42-30-40(35-19-12-9-13-20-35)41(36-21-14-10-15-22-36)31-45(42)53-48(54(46)49)39-28-26-38(27-29-39)47-51-43(34(7-3)18-6-2)32-44(52-47)37-23-16-11-17-24-37/h5-32,44,47-53H,1-3H2,4H3/b25-8-,34-18+. The Kier molecular flexibility index (Phi) is 9.71. The van der Waals surface area contributed by atoms with Crippen LogP contribution in [0.3, 0.4) is 0 Å². The average molecular weight is 704 g/mol. The van der Waals surface area contributed by atoms with Gasteiger partial charge >= 0.3 is 0 Å². The maximum Gasteiger partial charge on any atom is 0.129 e. The fraction of sp³-hybridized carbons (Fsp3) is 0.102. The average Bonchev–Trinajstić information content (AvgIpc) is 3.57. The van der Waals surface area contributed by atoms with Crippen LogP contribution in [0, 0.1) is 0 Å².